The molecule has 1 aromatic heterocycles. The number of anilines is 1. The Hall–Kier alpha value is -1.56. The molecule has 2 saturated carbocycles. The molecule has 0 bridgehead atoms. The number of nitriles is 1. The van der Waals surface area contributed by atoms with Gasteiger partial charge in [-0.05, 0) is 62.5 Å². The summed E-state index contributed by atoms with van der Waals surface area (Å²) in [5.41, 5.74) is 3.35. The summed E-state index contributed by atoms with van der Waals surface area (Å²) in [4.78, 5) is 7.31. The summed E-state index contributed by atoms with van der Waals surface area (Å²) in [6.07, 6.45) is 8.65. The molecule has 0 radical (unpaired) electrons. The summed E-state index contributed by atoms with van der Waals surface area (Å²) in [6, 6.07) is 5.13. The fourth-order valence-electron chi connectivity index (χ4n) is 3.14. The van der Waals surface area contributed by atoms with Crippen molar-refractivity contribution in [2.45, 2.75) is 51.0 Å². The number of aryl methyl sites for hydroxylation is 2. The first-order valence-electron chi connectivity index (χ1n) is 7.54. The quantitative estimate of drug-likeness (QED) is 0.828. The molecule has 0 atom stereocenters. The summed E-state index contributed by atoms with van der Waals surface area (Å²) in [5.74, 6) is 1.83. The molecule has 3 aliphatic carbocycles. The van der Waals surface area contributed by atoms with Crippen LogP contribution in [0.2, 0.25) is 0 Å². The molecule has 0 aliphatic heterocycles. The van der Waals surface area contributed by atoms with Crippen molar-refractivity contribution >= 4 is 5.82 Å². The van der Waals surface area contributed by atoms with Gasteiger partial charge in [0.05, 0.1) is 5.56 Å². The third-order valence-corrected chi connectivity index (χ3v) is 4.56. The highest BCUT2D eigenvalue weighted by Crippen LogP contribution is 2.39. The molecule has 0 unspecified atom stereocenters. The molecular formula is C16H19N3. The summed E-state index contributed by atoms with van der Waals surface area (Å²) >= 11 is 0. The third-order valence-electron chi connectivity index (χ3n) is 4.56. The molecule has 98 valence electrons. The Balaban J connectivity index is 1.72. The van der Waals surface area contributed by atoms with E-state index in [0.29, 0.717) is 6.04 Å². The number of pyridine rings is 1. The number of rotatable bonds is 4. The van der Waals surface area contributed by atoms with Gasteiger partial charge in [-0.15, -0.1) is 0 Å². The van der Waals surface area contributed by atoms with Gasteiger partial charge in [-0.3, -0.25) is 0 Å². The molecule has 0 saturated heterocycles. The van der Waals surface area contributed by atoms with Crippen molar-refractivity contribution in [3.8, 4) is 6.07 Å². The van der Waals surface area contributed by atoms with Crippen LogP contribution >= 0.6 is 0 Å². The van der Waals surface area contributed by atoms with Crippen LogP contribution in [0.3, 0.4) is 0 Å². The molecular weight excluding hydrogens is 234 g/mol. The van der Waals surface area contributed by atoms with Crippen molar-refractivity contribution in [2.24, 2.45) is 5.92 Å². The molecule has 1 aromatic rings. The molecule has 19 heavy (non-hydrogen) atoms. The fourth-order valence-corrected chi connectivity index (χ4v) is 3.14. The second-order valence-electron chi connectivity index (χ2n) is 6.26. The number of aromatic nitrogens is 1. The van der Waals surface area contributed by atoms with Crippen molar-refractivity contribution in [2.75, 3.05) is 11.4 Å². The highest BCUT2D eigenvalue weighted by Gasteiger charge is 2.36. The number of hydrogen-bond donors (Lipinski definition) is 0. The van der Waals surface area contributed by atoms with Gasteiger partial charge in [0.1, 0.15) is 11.9 Å². The lowest BCUT2D eigenvalue weighted by Crippen LogP contribution is -2.30. The van der Waals surface area contributed by atoms with Gasteiger partial charge in [0.2, 0.25) is 0 Å². The Labute approximate surface area is 114 Å². The topological polar surface area (TPSA) is 39.9 Å². The first-order valence-corrected chi connectivity index (χ1v) is 7.54. The van der Waals surface area contributed by atoms with Crippen LogP contribution in [-0.4, -0.2) is 17.6 Å². The predicted octanol–water partition coefficient (Wildman–Crippen LogP) is 2.82. The van der Waals surface area contributed by atoms with Crippen molar-refractivity contribution in [1.82, 2.24) is 4.98 Å². The second kappa shape index (κ2) is 4.23. The van der Waals surface area contributed by atoms with Crippen LogP contribution in [0, 0.1) is 17.2 Å². The van der Waals surface area contributed by atoms with Crippen LogP contribution in [0.25, 0.3) is 0 Å². The van der Waals surface area contributed by atoms with Gasteiger partial charge in [-0.25, -0.2) is 4.98 Å². The maximum atomic E-state index is 9.43. The molecule has 4 rings (SSSR count). The van der Waals surface area contributed by atoms with E-state index in [9.17, 15) is 5.26 Å². The Bertz CT molecular complexity index is 550. The SMILES string of the molecule is N#Cc1cc2c(nc1N(CC1CC1)C1CC1)CCC2. The average Bonchev–Trinajstić information content (AvgIpc) is 3.33. The number of fused-ring (bicyclic) bond motifs is 1. The van der Waals surface area contributed by atoms with Gasteiger partial charge in [0.25, 0.3) is 0 Å². The first-order chi connectivity index (χ1) is 9.35. The monoisotopic (exact) mass is 253 g/mol. The van der Waals surface area contributed by atoms with Crippen molar-refractivity contribution in [1.29, 1.82) is 5.26 Å². The molecule has 0 N–H and O–H groups in total. The summed E-state index contributed by atoms with van der Waals surface area (Å²) in [7, 11) is 0. The van der Waals surface area contributed by atoms with Crippen molar-refractivity contribution in [3.05, 3.63) is 22.9 Å². The van der Waals surface area contributed by atoms with Crippen LogP contribution in [0.5, 0.6) is 0 Å². The van der Waals surface area contributed by atoms with Crippen LogP contribution in [-0.2, 0) is 12.8 Å². The van der Waals surface area contributed by atoms with Crippen molar-refractivity contribution < 1.29 is 0 Å². The van der Waals surface area contributed by atoms with Crippen LogP contribution in [0.1, 0.15) is 48.9 Å². The molecule has 3 nitrogen and oxygen atoms in total. The van der Waals surface area contributed by atoms with E-state index in [0.717, 1.165) is 36.7 Å². The molecule has 2 fully saturated rings. The lowest BCUT2D eigenvalue weighted by Gasteiger charge is -2.25. The Morgan fingerprint density at radius 2 is 2.11 bits per heavy atom. The normalized spacial score (nSPS) is 21.0. The Morgan fingerprint density at radius 3 is 2.79 bits per heavy atom. The highest BCUT2D eigenvalue weighted by atomic mass is 15.2. The van der Waals surface area contributed by atoms with Gasteiger partial charge >= 0.3 is 0 Å². The average molecular weight is 253 g/mol. The standard InChI is InChI=1S/C16H19N3/c17-9-13-8-12-2-1-3-15(12)18-16(13)19(14-6-7-14)10-11-4-5-11/h8,11,14H,1-7,10H2. The Kier molecular flexibility index (Phi) is 2.51. The first kappa shape index (κ1) is 11.3. The van der Waals surface area contributed by atoms with Gasteiger partial charge in [0, 0.05) is 18.3 Å². The number of nitrogens with zero attached hydrogens (tertiary/aromatic N) is 3. The smallest absolute Gasteiger partial charge is 0.147 e. The summed E-state index contributed by atoms with van der Waals surface area (Å²) < 4.78 is 0. The zero-order chi connectivity index (χ0) is 12.8. The molecule has 3 heteroatoms. The van der Waals surface area contributed by atoms with E-state index >= 15 is 0 Å². The Morgan fingerprint density at radius 1 is 1.26 bits per heavy atom. The molecule has 0 amide bonds. The summed E-state index contributed by atoms with van der Waals surface area (Å²) in [6.45, 7) is 1.12. The zero-order valence-electron chi connectivity index (χ0n) is 11.2. The lowest BCUT2D eigenvalue weighted by atomic mass is 10.1. The lowest BCUT2D eigenvalue weighted by molar-refractivity contribution is 0.706. The van der Waals surface area contributed by atoms with E-state index in [-0.39, 0.29) is 0 Å². The molecule has 0 spiro atoms. The van der Waals surface area contributed by atoms with E-state index in [1.807, 2.05) is 0 Å². The van der Waals surface area contributed by atoms with E-state index in [2.05, 4.69) is 17.0 Å². The second-order valence-corrected chi connectivity index (χ2v) is 6.26. The van der Waals surface area contributed by atoms with E-state index < -0.39 is 0 Å². The van der Waals surface area contributed by atoms with Gasteiger partial charge < -0.3 is 4.90 Å². The van der Waals surface area contributed by atoms with Gasteiger partial charge in [-0.2, -0.15) is 5.26 Å². The maximum absolute atomic E-state index is 9.43. The molecule has 0 aromatic carbocycles. The van der Waals surface area contributed by atoms with Gasteiger partial charge in [0.15, 0.2) is 0 Å². The zero-order valence-corrected chi connectivity index (χ0v) is 11.2. The van der Waals surface area contributed by atoms with E-state index in [1.54, 1.807) is 0 Å². The van der Waals surface area contributed by atoms with E-state index in [4.69, 9.17) is 4.98 Å². The predicted molar refractivity (Wildman–Crippen MR) is 74.1 cm³/mol. The minimum atomic E-state index is 0.652. The fraction of sp³-hybridized carbons (Fsp3) is 0.625. The third kappa shape index (κ3) is 2.10. The number of hydrogen-bond acceptors (Lipinski definition) is 3. The molecule has 3 aliphatic rings. The molecule has 1 heterocycles. The minimum Gasteiger partial charge on any atom is -0.352 e. The minimum absolute atomic E-state index is 0.652. The largest absolute Gasteiger partial charge is 0.352 e. The summed E-state index contributed by atoms with van der Waals surface area (Å²) in [5, 5.41) is 9.43. The van der Waals surface area contributed by atoms with E-state index in [1.165, 1.54) is 43.4 Å². The van der Waals surface area contributed by atoms with Crippen LogP contribution in [0.4, 0.5) is 5.82 Å². The van der Waals surface area contributed by atoms with Crippen LogP contribution in [0.15, 0.2) is 6.07 Å². The van der Waals surface area contributed by atoms with Crippen LogP contribution < -0.4 is 4.90 Å². The maximum Gasteiger partial charge on any atom is 0.147 e. The van der Waals surface area contributed by atoms with Gasteiger partial charge in [-0.1, -0.05) is 0 Å². The van der Waals surface area contributed by atoms with Crippen molar-refractivity contribution in [3.63, 3.8) is 0 Å². The highest BCUT2D eigenvalue weighted by molar-refractivity contribution is 5.58.